The molecule has 0 aromatic heterocycles. The first-order chi connectivity index (χ1) is 18.9. The van der Waals surface area contributed by atoms with E-state index in [0.717, 1.165) is 6.42 Å². The fraction of sp³-hybridized carbons (Fsp3) is 0.395. The normalized spacial score (nSPS) is 13.0. The Hall–Kier alpha value is -1.97. The maximum atomic E-state index is 6.95. The summed E-state index contributed by atoms with van der Waals surface area (Å²) in [5, 5.41) is 1.35. The molecule has 0 amide bonds. The Morgan fingerprint density at radius 3 is 1.32 bits per heavy atom. The zero-order chi connectivity index (χ0) is 28.7. The van der Waals surface area contributed by atoms with Gasteiger partial charge in [-0.2, -0.15) is 17.7 Å². The molecule has 41 heavy (non-hydrogen) atoms. The maximum absolute atomic E-state index is 6.95. The van der Waals surface area contributed by atoms with E-state index >= 15 is 0 Å². The smallest absolute Gasteiger partial charge is 0.677 e. The summed E-state index contributed by atoms with van der Waals surface area (Å²) in [5.74, 6) is 0.560. The molecule has 3 heteroatoms. The van der Waals surface area contributed by atoms with E-state index in [1.54, 1.807) is 0 Å². The maximum Gasteiger partial charge on any atom is 3.00 e. The Balaban J connectivity index is 0. The van der Waals surface area contributed by atoms with Gasteiger partial charge in [0.1, 0.15) is 0 Å². The van der Waals surface area contributed by atoms with Crippen LogP contribution in [0.3, 0.4) is 0 Å². The van der Waals surface area contributed by atoms with Gasteiger partial charge in [-0.25, -0.2) is 5.57 Å². The van der Waals surface area contributed by atoms with E-state index in [4.69, 9.17) is 5.73 Å². The van der Waals surface area contributed by atoms with Gasteiger partial charge in [0.2, 0.25) is 0 Å². The molecule has 0 saturated carbocycles. The molecule has 0 heterocycles. The summed E-state index contributed by atoms with van der Waals surface area (Å²) in [6.45, 7) is 11.5. The van der Waals surface area contributed by atoms with Crippen LogP contribution in [-0.4, -0.2) is 16.8 Å². The van der Waals surface area contributed by atoms with Crippen molar-refractivity contribution < 1.29 is 21.7 Å². The Kier molecular flexibility index (Phi) is 27.0. The molecule has 3 aromatic rings. The van der Waals surface area contributed by atoms with Crippen LogP contribution in [0.5, 0.6) is 0 Å². The van der Waals surface area contributed by atoms with Crippen molar-refractivity contribution in [2.75, 3.05) is 6.54 Å². The van der Waals surface area contributed by atoms with E-state index in [0.29, 0.717) is 12.5 Å². The van der Waals surface area contributed by atoms with Crippen LogP contribution in [0, 0.1) is 19.4 Å². The fourth-order valence-corrected chi connectivity index (χ4v) is 4.43. The summed E-state index contributed by atoms with van der Waals surface area (Å²) in [5.41, 5.74) is 13.7. The number of unbranched alkanes of at least 4 members (excludes halogenated alkanes) is 7. The molecular formula is C38H55NSiTi. The van der Waals surface area contributed by atoms with Crippen LogP contribution in [0.4, 0.5) is 0 Å². The van der Waals surface area contributed by atoms with Gasteiger partial charge in [0.05, 0.1) is 0 Å². The second kappa shape index (κ2) is 26.9. The Morgan fingerprint density at radius 1 is 0.659 bits per heavy atom. The average molecular weight is 602 g/mol. The van der Waals surface area contributed by atoms with Crippen LogP contribution in [0.1, 0.15) is 86.0 Å². The van der Waals surface area contributed by atoms with E-state index in [1.807, 2.05) is 40.6 Å². The third-order valence-corrected chi connectivity index (χ3v) is 7.46. The molecule has 0 spiro atoms. The van der Waals surface area contributed by atoms with Gasteiger partial charge < -0.3 is 13.2 Å². The second-order valence-electron chi connectivity index (χ2n) is 10.2. The van der Waals surface area contributed by atoms with Crippen LogP contribution >= 0.6 is 0 Å². The molecule has 0 aliphatic heterocycles. The molecule has 1 N–H and O–H groups in total. The van der Waals surface area contributed by atoms with Crippen molar-refractivity contribution >= 4 is 15.4 Å². The predicted molar refractivity (Wildman–Crippen MR) is 185 cm³/mol. The first kappa shape index (κ1) is 41.2. The molecule has 3 aromatic carbocycles. The van der Waals surface area contributed by atoms with Crippen molar-refractivity contribution in [2.45, 2.75) is 86.0 Å². The van der Waals surface area contributed by atoms with Crippen molar-refractivity contribution in [2.24, 2.45) is 5.92 Å². The number of rotatable bonds is 9. The van der Waals surface area contributed by atoms with Gasteiger partial charge in [-0.3, -0.25) is 6.08 Å². The molecule has 0 fully saturated rings. The first-order valence-corrected chi connectivity index (χ1v) is 15.5. The molecule has 1 aliphatic carbocycles. The number of nitrogens with one attached hydrogen (secondary N) is 1. The summed E-state index contributed by atoms with van der Waals surface area (Å²) in [6.07, 6.45) is 14.0. The minimum absolute atomic E-state index is 0. The summed E-state index contributed by atoms with van der Waals surface area (Å²) in [7, 11) is 1.90. The number of benzene rings is 3. The molecule has 1 nitrogen and oxygen atoms in total. The Bertz CT molecular complexity index is 1000. The zero-order valence-electron chi connectivity index (χ0n) is 26.8. The quantitative estimate of drug-likeness (QED) is 0.132. The zero-order valence-corrected chi connectivity index (χ0v) is 29.8. The van der Waals surface area contributed by atoms with Crippen molar-refractivity contribution in [1.82, 2.24) is 0 Å². The van der Waals surface area contributed by atoms with Crippen LogP contribution in [0.2, 0.25) is 0 Å². The standard InChI is InChI=1S/C12H10.C10H22N.C9H13.C6H7Si.CH3.Ti/c1-3-7-11(8-4-1)12-9-5-2-6-10-12;1-2-3-4-5-6-7-8-9-10-11;1-6-5-7(2)9(4)8(6)3;7-6-4-2-1-3-5-6;;/h1-10H;11H,2-10H2,1H3;6H,1-4H3;1-5H,7H2;1H3;/q;2*-1;;-1;+3. The van der Waals surface area contributed by atoms with Gasteiger partial charge in [0, 0.05) is 10.2 Å². The molecular weight excluding hydrogens is 546 g/mol. The predicted octanol–water partition coefficient (Wildman–Crippen LogP) is 10.6. The number of allylic oxidation sites excluding steroid dienone is 4. The SMILES string of the molecule is CC1=[C-]C(C)C(C)=C1C.CCCCCCCCCC[NH-].[CH3-].[SiH2]c1ccccc1.[Ti+3].c1ccc(-c2ccccc2)cc1. The third-order valence-electron chi connectivity index (χ3n) is 6.99. The van der Waals surface area contributed by atoms with Gasteiger partial charge in [0.15, 0.2) is 0 Å². The van der Waals surface area contributed by atoms with E-state index in [-0.39, 0.29) is 29.1 Å². The molecule has 4 rings (SSSR count). The van der Waals surface area contributed by atoms with Crippen molar-refractivity contribution in [1.29, 1.82) is 0 Å². The van der Waals surface area contributed by atoms with Gasteiger partial charge in [-0.1, -0.05) is 181 Å². The van der Waals surface area contributed by atoms with Crippen LogP contribution < -0.4 is 5.19 Å². The number of hydrogen-bond donors (Lipinski definition) is 0. The van der Waals surface area contributed by atoms with Gasteiger partial charge >= 0.3 is 21.7 Å². The minimum atomic E-state index is 0. The molecule has 1 atom stereocenters. The van der Waals surface area contributed by atoms with Crippen molar-refractivity contribution in [3.63, 3.8) is 0 Å². The van der Waals surface area contributed by atoms with E-state index in [9.17, 15) is 0 Å². The van der Waals surface area contributed by atoms with Crippen LogP contribution in [-0.2, 0) is 21.7 Å². The van der Waals surface area contributed by atoms with E-state index < -0.39 is 0 Å². The summed E-state index contributed by atoms with van der Waals surface area (Å²) >= 11 is 0. The third kappa shape index (κ3) is 19.7. The molecule has 0 bridgehead atoms. The fourth-order valence-electron chi connectivity index (χ4n) is 4.16. The molecule has 0 saturated heterocycles. The van der Waals surface area contributed by atoms with E-state index in [1.165, 1.54) is 78.0 Å². The second-order valence-corrected chi connectivity index (χ2v) is 11.1. The first-order valence-electron chi connectivity index (χ1n) is 14.8. The minimum Gasteiger partial charge on any atom is -0.677 e. The molecule has 2 radical (unpaired) electrons. The topological polar surface area (TPSA) is 23.8 Å². The van der Waals surface area contributed by atoms with Gasteiger partial charge in [0.25, 0.3) is 0 Å². The van der Waals surface area contributed by atoms with Gasteiger partial charge in [-0.05, 0) is 11.1 Å². The van der Waals surface area contributed by atoms with Crippen molar-refractivity contribution in [3.05, 3.63) is 127 Å². The molecule has 1 unspecified atom stereocenters. The monoisotopic (exact) mass is 601 g/mol. The van der Waals surface area contributed by atoms with Gasteiger partial charge in [-0.15, -0.1) is 6.92 Å². The summed E-state index contributed by atoms with van der Waals surface area (Å²) < 4.78 is 0. The molecule has 220 valence electrons. The number of hydrogen-bond acceptors (Lipinski definition) is 0. The Labute approximate surface area is 272 Å². The van der Waals surface area contributed by atoms with Crippen LogP contribution in [0.25, 0.3) is 16.9 Å². The average Bonchev–Trinajstić information content (AvgIpc) is 3.20. The molecule has 1 aliphatic rings. The largest absolute Gasteiger partial charge is 3.00 e. The summed E-state index contributed by atoms with van der Waals surface area (Å²) in [6, 6.07) is 31.1. The van der Waals surface area contributed by atoms with E-state index in [2.05, 4.69) is 101 Å². The van der Waals surface area contributed by atoms with Crippen molar-refractivity contribution in [3.8, 4) is 11.1 Å². The summed E-state index contributed by atoms with van der Waals surface area (Å²) in [4.78, 5) is 0. The Morgan fingerprint density at radius 2 is 1.05 bits per heavy atom. The van der Waals surface area contributed by atoms with Crippen LogP contribution in [0.15, 0.2) is 108 Å².